The Balaban J connectivity index is 2.09. The van der Waals surface area contributed by atoms with Crippen LogP contribution in [0.3, 0.4) is 0 Å². The van der Waals surface area contributed by atoms with Crippen LogP contribution in [0.15, 0.2) is 66.2 Å². The Bertz CT molecular complexity index is 756. The highest BCUT2D eigenvalue weighted by Crippen LogP contribution is 2.25. The van der Waals surface area contributed by atoms with Gasteiger partial charge in [0.2, 0.25) is 0 Å². The summed E-state index contributed by atoms with van der Waals surface area (Å²) in [5, 5.41) is 0. The summed E-state index contributed by atoms with van der Waals surface area (Å²) >= 11 is 0. The summed E-state index contributed by atoms with van der Waals surface area (Å²) in [6.07, 6.45) is 5.27. The number of hydrogen-bond acceptors (Lipinski definition) is 5. The van der Waals surface area contributed by atoms with Crippen LogP contribution in [0.25, 0.3) is 0 Å². The molecular weight excluding hydrogens is 342 g/mol. The lowest BCUT2D eigenvalue weighted by atomic mass is 10.2. The lowest BCUT2D eigenvalue weighted by Crippen LogP contribution is -2.14. The summed E-state index contributed by atoms with van der Waals surface area (Å²) in [4.78, 5) is 16.0. The van der Waals surface area contributed by atoms with Gasteiger partial charge in [-0.25, -0.2) is 4.79 Å². The zero-order valence-corrected chi connectivity index (χ0v) is 15.6. The van der Waals surface area contributed by atoms with Gasteiger partial charge in [-0.3, -0.25) is 4.99 Å². The Morgan fingerprint density at radius 1 is 1.15 bits per heavy atom. The van der Waals surface area contributed by atoms with Crippen molar-refractivity contribution in [3.05, 3.63) is 66.7 Å². The summed E-state index contributed by atoms with van der Waals surface area (Å²) < 4.78 is 16.3. The molecule has 0 fully saturated rings. The molecule has 0 atom stereocenters. The van der Waals surface area contributed by atoms with E-state index in [1.54, 1.807) is 18.3 Å². The average Bonchev–Trinajstić information content (AvgIpc) is 2.71. The van der Waals surface area contributed by atoms with E-state index in [1.807, 2.05) is 36.4 Å². The zero-order chi connectivity index (χ0) is 19.3. The van der Waals surface area contributed by atoms with Crippen LogP contribution in [0.5, 0.6) is 11.5 Å². The van der Waals surface area contributed by atoms with Crippen molar-refractivity contribution in [1.82, 2.24) is 0 Å². The summed E-state index contributed by atoms with van der Waals surface area (Å²) in [6, 6.07) is 15.1. The standard InChI is InChI=1S/C22H25NO4/c1-3-5-14-25-21-15-20(27-17-22(24)26-13-4-2)12-11-18(21)16-23-19-9-7-6-8-10-19/h4,6-12,15-16H,2-3,5,13-14,17H2,1H3/b23-16+. The van der Waals surface area contributed by atoms with Gasteiger partial charge in [0.1, 0.15) is 18.1 Å². The maximum absolute atomic E-state index is 11.5. The predicted octanol–water partition coefficient (Wildman–Crippen LogP) is 4.72. The number of hydrogen-bond donors (Lipinski definition) is 0. The molecule has 27 heavy (non-hydrogen) atoms. The SMILES string of the molecule is C=CCOC(=O)COc1ccc(/C=N/c2ccccc2)c(OCCCC)c1. The van der Waals surface area contributed by atoms with Crippen molar-refractivity contribution in [1.29, 1.82) is 0 Å². The van der Waals surface area contributed by atoms with E-state index in [9.17, 15) is 4.79 Å². The second kappa shape index (κ2) is 11.5. The number of carbonyl (C=O) groups is 1. The molecule has 0 spiro atoms. The highest BCUT2D eigenvalue weighted by Gasteiger charge is 2.08. The van der Waals surface area contributed by atoms with Crippen LogP contribution in [-0.2, 0) is 9.53 Å². The van der Waals surface area contributed by atoms with Crippen molar-refractivity contribution in [2.24, 2.45) is 4.99 Å². The molecule has 2 aromatic carbocycles. The summed E-state index contributed by atoms with van der Waals surface area (Å²) in [7, 11) is 0. The van der Waals surface area contributed by atoms with Gasteiger partial charge in [0, 0.05) is 17.8 Å². The van der Waals surface area contributed by atoms with Crippen molar-refractivity contribution in [2.75, 3.05) is 19.8 Å². The number of nitrogens with zero attached hydrogens (tertiary/aromatic N) is 1. The smallest absolute Gasteiger partial charge is 0.344 e. The maximum atomic E-state index is 11.5. The van der Waals surface area contributed by atoms with Crippen molar-refractivity contribution < 1.29 is 19.0 Å². The fourth-order valence-corrected chi connectivity index (χ4v) is 2.16. The first-order chi connectivity index (χ1) is 13.2. The van der Waals surface area contributed by atoms with Crippen LogP contribution in [0.1, 0.15) is 25.3 Å². The lowest BCUT2D eigenvalue weighted by molar-refractivity contribution is -0.144. The molecule has 5 heteroatoms. The molecule has 0 radical (unpaired) electrons. The molecule has 0 amide bonds. The maximum Gasteiger partial charge on any atom is 0.344 e. The van der Waals surface area contributed by atoms with Crippen molar-refractivity contribution >= 4 is 17.9 Å². The average molecular weight is 367 g/mol. The van der Waals surface area contributed by atoms with Crippen molar-refractivity contribution in [3.63, 3.8) is 0 Å². The highest BCUT2D eigenvalue weighted by molar-refractivity contribution is 5.85. The minimum Gasteiger partial charge on any atom is -0.493 e. The van der Waals surface area contributed by atoms with E-state index in [4.69, 9.17) is 14.2 Å². The van der Waals surface area contributed by atoms with Crippen LogP contribution in [0, 0.1) is 0 Å². The molecular formula is C22H25NO4. The van der Waals surface area contributed by atoms with Crippen LogP contribution in [-0.4, -0.2) is 32.0 Å². The van der Waals surface area contributed by atoms with Crippen molar-refractivity contribution in [3.8, 4) is 11.5 Å². The van der Waals surface area contributed by atoms with Gasteiger partial charge in [0.05, 0.1) is 12.3 Å². The van der Waals surface area contributed by atoms with E-state index in [0.29, 0.717) is 18.1 Å². The summed E-state index contributed by atoms with van der Waals surface area (Å²) in [6.45, 7) is 6.21. The first kappa shape index (κ1) is 20.2. The molecule has 2 rings (SSSR count). The second-order valence-corrected chi connectivity index (χ2v) is 5.76. The molecule has 142 valence electrons. The molecule has 0 bridgehead atoms. The molecule has 0 aliphatic heterocycles. The molecule has 0 saturated carbocycles. The Labute approximate surface area is 160 Å². The third-order valence-corrected chi connectivity index (χ3v) is 3.57. The number of rotatable bonds is 11. The van der Waals surface area contributed by atoms with E-state index in [2.05, 4.69) is 18.5 Å². The molecule has 0 aromatic heterocycles. The number of benzene rings is 2. The predicted molar refractivity (Wildman–Crippen MR) is 107 cm³/mol. The first-order valence-electron chi connectivity index (χ1n) is 8.98. The topological polar surface area (TPSA) is 57.1 Å². The monoisotopic (exact) mass is 367 g/mol. The molecule has 0 saturated heterocycles. The second-order valence-electron chi connectivity index (χ2n) is 5.76. The Morgan fingerprint density at radius 2 is 1.96 bits per heavy atom. The third-order valence-electron chi connectivity index (χ3n) is 3.57. The molecule has 0 N–H and O–H groups in total. The van der Waals surface area contributed by atoms with Crippen LogP contribution < -0.4 is 9.47 Å². The van der Waals surface area contributed by atoms with Gasteiger partial charge in [-0.2, -0.15) is 0 Å². The van der Waals surface area contributed by atoms with E-state index in [1.165, 1.54) is 6.08 Å². The number of unbranched alkanes of at least 4 members (excludes halogenated alkanes) is 1. The van der Waals surface area contributed by atoms with E-state index < -0.39 is 5.97 Å². The molecule has 2 aromatic rings. The minimum atomic E-state index is -0.446. The Kier molecular flexibility index (Phi) is 8.63. The quantitative estimate of drug-likeness (QED) is 0.249. The normalized spacial score (nSPS) is 10.6. The summed E-state index contributed by atoms with van der Waals surface area (Å²) in [5.74, 6) is 0.757. The number of carbonyl (C=O) groups excluding carboxylic acids is 1. The highest BCUT2D eigenvalue weighted by atomic mass is 16.6. The Morgan fingerprint density at radius 3 is 2.70 bits per heavy atom. The van der Waals surface area contributed by atoms with Crippen LogP contribution in [0.2, 0.25) is 0 Å². The van der Waals surface area contributed by atoms with Gasteiger partial charge in [-0.15, -0.1) is 0 Å². The van der Waals surface area contributed by atoms with Gasteiger partial charge in [-0.05, 0) is 30.7 Å². The number of aliphatic imine (C=N–C) groups is 1. The largest absolute Gasteiger partial charge is 0.493 e. The number of para-hydroxylation sites is 1. The van der Waals surface area contributed by atoms with E-state index >= 15 is 0 Å². The number of esters is 1. The first-order valence-corrected chi connectivity index (χ1v) is 8.98. The van der Waals surface area contributed by atoms with Gasteiger partial charge in [0.15, 0.2) is 6.61 Å². The van der Waals surface area contributed by atoms with Gasteiger partial charge in [-0.1, -0.05) is 44.2 Å². The van der Waals surface area contributed by atoms with Crippen LogP contribution in [0.4, 0.5) is 5.69 Å². The van der Waals surface area contributed by atoms with Gasteiger partial charge < -0.3 is 14.2 Å². The molecule has 0 unspecified atom stereocenters. The van der Waals surface area contributed by atoms with E-state index in [-0.39, 0.29) is 13.2 Å². The molecule has 0 heterocycles. The van der Waals surface area contributed by atoms with Gasteiger partial charge in [0.25, 0.3) is 0 Å². The fraction of sp³-hybridized carbons (Fsp3) is 0.273. The molecule has 0 aliphatic carbocycles. The molecule has 5 nitrogen and oxygen atoms in total. The van der Waals surface area contributed by atoms with Gasteiger partial charge >= 0.3 is 5.97 Å². The molecule has 0 aliphatic rings. The number of ether oxygens (including phenoxy) is 3. The van der Waals surface area contributed by atoms with Crippen molar-refractivity contribution in [2.45, 2.75) is 19.8 Å². The third kappa shape index (κ3) is 7.36. The zero-order valence-electron chi connectivity index (χ0n) is 15.6. The lowest BCUT2D eigenvalue weighted by Gasteiger charge is -2.12. The Hall–Kier alpha value is -3.08. The van der Waals surface area contributed by atoms with E-state index in [0.717, 1.165) is 24.1 Å². The van der Waals surface area contributed by atoms with Crippen LogP contribution >= 0.6 is 0 Å². The fourth-order valence-electron chi connectivity index (χ4n) is 2.16. The summed E-state index contributed by atoms with van der Waals surface area (Å²) in [5.41, 5.74) is 1.71. The minimum absolute atomic E-state index is 0.167.